The highest BCUT2D eigenvalue weighted by molar-refractivity contribution is 6.30. The average Bonchev–Trinajstić information content (AvgIpc) is 2.65. The predicted molar refractivity (Wildman–Crippen MR) is 75.3 cm³/mol. The first-order chi connectivity index (χ1) is 8.52. The van der Waals surface area contributed by atoms with Crippen molar-refractivity contribution in [1.29, 1.82) is 0 Å². The lowest BCUT2D eigenvalue weighted by molar-refractivity contribution is 0.442. The summed E-state index contributed by atoms with van der Waals surface area (Å²) in [5.41, 5.74) is 3.52. The Morgan fingerprint density at radius 2 is 1.83 bits per heavy atom. The fourth-order valence-corrected chi connectivity index (χ4v) is 2.30. The fourth-order valence-electron chi connectivity index (χ4n) is 2.12. The Morgan fingerprint density at radius 1 is 1.11 bits per heavy atom. The van der Waals surface area contributed by atoms with Crippen LogP contribution < -0.4 is 5.32 Å². The summed E-state index contributed by atoms with van der Waals surface area (Å²) in [5.74, 6) is 1.89. The predicted octanol–water partition coefficient (Wildman–Crippen LogP) is 4.17. The zero-order valence-corrected chi connectivity index (χ0v) is 11.9. The van der Waals surface area contributed by atoms with Gasteiger partial charge < -0.3 is 9.73 Å². The van der Waals surface area contributed by atoms with Gasteiger partial charge in [0.15, 0.2) is 0 Å². The van der Waals surface area contributed by atoms with E-state index in [9.17, 15) is 0 Å². The molecule has 0 aliphatic rings. The van der Waals surface area contributed by atoms with E-state index in [4.69, 9.17) is 16.0 Å². The number of hydrogen-bond donors (Lipinski definition) is 1. The molecule has 2 aromatic rings. The molecule has 0 fully saturated rings. The van der Waals surface area contributed by atoms with Gasteiger partial charge in [0.2, 0.25) is 0 Å². The van der Waals surface area contributed by atoms with Crippen LogP contribution in [0.1, 0.15) is 34.3 Å². The molecule has 1 unspecified atom stereocenters. The molecule has 0 radical (unpaired) electrons. The SMILES string of the molecule is CNC(c1cc(C)c(C)o1)c1cc(Cl)ccc1C. The summed E-state index contributed by atoms with van der Waals surface area (Å²) in [6, 6.07) is 8.05. The van der Waals surface area contributed by atoms with E-state index in [0.717, 1.165) is 22.1 Å². The number of furan rings is 1. The zero-order chi connectivity index (χ0) is 13.3. The van der Waals surface area contributed by atoms with Crippen LogP contribution in [0.5, 0.6) is 0 Å². The third-order valence-electron chi connectivity index (χ3n) is 3.31. The molecule has 0 bridgehead atoms. The van der Waals surface area contributed by atoms with Gasteiger partial charge in [-0.05, 0) is 62.7 Å². The van der Waals surface area contributed by atoms with Gasteiger partial charge in [-0.15, -0.1) is 0 Å². The topological polar surface area (TPSA) is 25.2 Å². The van der Waals surface area contributed by atoms with Crippen molar-refractivity contribution in [2.45, 2.75) is 26.8 Å². The Bertz CT molecular complexity index is 540. The first kappa shape index (κ1) is 13.2. The first-order valence-electron chi connectivity index (χ1n) is 6.03. The smallest absolute Gasteiger partial charge is 0.125 e. The van der Waals surface area contributed by atoms with Crippen molar-refractivity contribution in [3.63, 3.8) is 0 Å². The second kappa shape index (κ2) is 5.17. The van der Waals surface area contributed by atoms with Crippen LogP contribution in [0, 0.1) is 20.8 Å². The third-order valence-corrected chi connectivity index (χ3v) is 3.55. The Morgan fingerprint density at radius 3 is 2.39 bits per heavy atom. The first-order valence-corrected chi connectivity index (χ1v) is 6.41. The molecule has 1 aromatic heterocycles. The van der Waals surface area contributed by atoms with Gasteiger partial charge >= 0.3 is 0 Å². The van der Waals surface area contributed by atoms with E-state index in [0.29, 0.717) is 0 Å². The number of aryl methyl sites for hydroxylation is 3. The van der Waals surface area contributed by atoms with Crippen molar-refractivity contribution in [2.24, 2.45) is 0 Å². The largest absolute Gasteiger partial charge is 0.464 e. The molecule has 96 valence electrons. The van der Waals surface area contributed by atoms with Crippen molar-refractivity contribution in [3.8, 4) is 0 Å². The lowest BCUT2D eigenvalue weighted by Crippen LogP contribution is -2.18. The highest BCUT2D eigenvalue weighted by atomic mass is 35.5. The second-order valence-electron chi connectivity index (χ2n) is 4.61. The van der Waals surface area contributed by atoms with Gasteiger partial charge in [-0.25, -0.2) is 0 Å². The Balaban J connectivity index is 2.48. The summed E-state index contributed by atoms with van der Waals surface area (Å²) >= 11 is 6.08. The molecular weight excluding hydrogens is 246 g/mol. The molecule has 0 amide bonds. The van der Waals surface area contributed by atoms with Crippen molar-refractivity contribution in [1.82, 2.24) is 5.32 Å². The molecule has 3 heteroatoms. The van der Waals surface area contributed by atoms with E-state index in [1.165, 1.54) is 11.1 Å². The molecule has 18 heavy (non-hydrogen) atoms. The van der Waals surface area contributed by atoms with Crippen LogP contribution in [0.25, 0.3) is 0 Å². The normalized spacial score (nSPS) is 12.7. The van der Waals surface area contributed by atoms with Crippen molar-refractivity contribution >= 4 is 11.6 Å². The minimum Gasteiger partial charge on any atom is -0.464 e. The van der Waals surface area contributed by atoms with Crippen LogP contribution in [0.3, 0.4) is 0 Å². The maximum atomic E-state index is 6.08. The van der Waals surface area contributed by atoms with Crippen molar-refractivity contribution in [2.75, 3.05) is 7.05 Å². The lowest BCUT2D eigenvalue weighted by atomic mass is 9.99. The monoisotopic (exact) mass is 263 g/mol. The Kier molecular flexibility index (Phi) is 3.79. The number of rotatable bonds is 3. The number of nitrogens with one attached hydrogen (secondary N) is 1. The number of hydrogen-bond acceptors (Lipinski definition) is 2. The summed E-state index contributed by atoms with van der Waals surface area (Å²) in [5, 5.41) is 4.04. The molecule has 0 saturated carbocycles. The minimum absolute atomic E-state index is 0.0381. The van der Waals surface area contributed by atoms with Gasteiger partial charge in [-0.3, -0.25) is 0 Å². The van der Waals surface area contributed by atoms with Gasteiger partial charge in [-0.2, -0.15) is 0 Å². The van der Waals surface area contributed by atoms with Gasteiger partial charge in [0.1, 0.15) is 11.5 Å². The van der Waals surface area contributed by atoms with E-state index < -0.39 is 0 Å². The molecule has 1 atom stereocenters. The minimum atomic E-state index is 0.0381. The van der Waals surface area contributed by atoms with E-state index in [2.05, 4.69) is 25.2 Å². The van der Waals surface area contributed by atoms with Crippen LogP contribution in [-0.4, -0.2) is 7.05 Å². The molecule has 2 rings (SSSR count). The molecule has 1 aromatic carbocycles. The van der Waals surface area contributed by atoms with Crippen LogP contribution >= 0.6 is 11.6 Å². The van der Waals surface area contributed by atoms with Crippen LogP contribution in [-0.2, 0) is 0 Å². The summed E-state index contributed by atoms with van der Waals surface area (Å²) in [6.07, 6.45) is 0. The summed E-state index contributed by atoms with van der Waals surface area (Å²) in [6.45, 7) is 6.12. The maximum absolute atomic E-state index is 6.08. The molecule has 0 aliphatic heterocycles. The molecular formula is C15H18ClNO. The highest BCUT2D eigenvalue weighted by Gasteiger charge is 2.19. The lowest BCUT2D eigenvalue weighted by Gasteiger charge is -2.17. The quantitative estimate of drug-likeness (QED) is 0.899. The van der Waals surface area contributed by atoms with E-state index in [1.54, 1.807) is 0 Å². The fraction of sp³-hybridized carbons (Fsp3) is 0.333. The molecule has 0 saturated heterocycles. The van der Waals surface area contributed by atoms with E-state index >= 15 is 0 Å². The molecule has 1 heterocycles. The third kappa shape index (κ3) is 2.45. The molecule has 1 N–H and O–H groups in total. The summed E-state index contributed by atoms with van der Waals surface area (Å²) in [4.78, 5) is 0. The van der Waals surface area contributed by atoms with Gasteiger partial charge in [-0.1, -0.05) is 17.7 Å². The second-order valence-corrected chi connectivity index (χ2v) is 5.05. The Labute approximate surface area is 113 Å². The van der Waals surface area contributed by atoms with E-state index in [1.807, 2.05) is 32.2 Å². The van der Waals surface area contributed by atoms with Crippen LogP contribution in [0.4, 0.5) is 0 Å². The highest BCUT2D eigenvalue weighted by Crippen LogP contribution is 2.29. The molecule has 2 nitrogen and oxygen atoms in total. The van der Waals surface area contributed by atoms with Gasteiger partial charge in [0.25, 0.3) is 0 Å². The van der Waals surface area contributed by atoms with Crippen LogP contribution in [0.15, 0.2) is 28.7 Å². The molecule has 0 aliphatic carbocycles. The van der Waals surface area contributed by atoms with Gasteiger partial charge in [0.05, 0.1) is 6.04 Å². The van der Waals surface area contributed by atoms with E-state index in [-0.39, 0.29) is 6.04 Å². The van der Waals surface area contributed by atoms with Gasteiger partial charge in [0, 0.05) is 5.02 Å². The zero-order valence-electron chi connectivity index (χ0n) is 11.2. The standard InChI is InChI=1S/C15H18ClNO/c1-9-5-6-12(16)8-13(9)15(17-4)14-7-10(2)11(3)18-14/h5-8,15,17H,1-4H3. The average molecular weight is 264 g/mol. The van der Waals surface area contributed by atoms with Crippen LogP contribution in [0.2, 0.25) is 5.02 Å². The Hall–Kier alpha value is -1.25. The van der Waals surface area contributed by atoms with Crippen molar-refractivity contribution in [3.05, 3.63) is 57.5 Å². The number of halogens is 1. The summed E-state index contributed by atoms with van der Waals surface area (Å²) in [7, 11) is 1.93. The maximum Gasteiger partial charge on any atom is 0.125 e. The number of benzene rings is 1. The molecule has 0 spiro atoms. The summed E-state index contributed by atoms with van der Waals surface area (Å²) < 4.78 is 5.81. The van der Waals surface area contributed by atoms with Crippen molar-refractivity contribution < 1.29 is 4.42 Å².